The lowest BCUT2D eigenvalue weighted by molar-refractivity contribution is 0.413. The fraction of sp³-hybridized carbons (Fsp3) is 0.125. The number of imidazole rings is 2. The Labute approximate surface area is 184 Å². The van der Waals surface area contributed by atoms with Crippen LogP contribution in [-0.4, -0.2) is 31.2 Å². The predicted molar refractivity (Wildman–Crippen MR) is 124 cm³/mol. The molecule has 0 amide bonds. The Morgan fingerprint density at radius 1 is 1.09 bits per heavy atom. The first-order valence-electron chi connectivity index (χ1n) is 10.2. The van der Waals surface area contributed by atoms with Crippen molar-refractivity contribution in [3.63, 3.8) is 0 Å². The largest absolute Gasteiger partial charge is 0.494 e. The monoisotopic (exact) mass is 426 g/mol. The average Bonchev–Trinajstić information content (AvgIpc) is 3.38. The maximum absolute atomic E-state index is 12.7. The molecule has 0 spiro atoms. The number of pyridine rings is 1. The number of rotatable bonds is 6. The number of benzene rings is 2. The van der Waals surface area contributed by atoms with E-state index in [0.717, 1.165) is 28.1 Å². The Bertz CT molecular complexity index is 1450. The highest BCUT2D eigenvalue weighted by molar-refractivity contribution is 5.88. The van der Waals surface area contributed by atoms with E-state index in [1.807, 2.05) is 72.3 Å². The van der Waals surface area contributed by atoms with Crippen molar-refractivity contribution in [2.75, 3.05) is 12.4 Å². The number of methoxy groups -OCH3 is 1. The number of ether oxygens (including phenoxy) is 1. The smallest absolute Gasteiger partial charge is 0.326 e. The van der Waals surface area contributed by atoms with Crippen LogP contribution in [0.15, 0.2) is 78.1 Å². The van der Waals surface area contributed by atoms with Crippen molar-refractivity contribution in [1.29, 1.82) is 0 Å². The minimum atomic E-state index is -0.177. The molecule has 3 aromatic heterocycles. The van der Waals surface area contributed by atoms with Crippen LogP contribution < -0.4 is 15.7 Å². The van der Waals surface area contributed by atoms with Crippen LogP contribution in [-0.2, 0) is 6.54 Å². The van der Waals surface area contributed by atoms with Crippen molar-refractivity contribution in [2.45, 2.75) is 13.5 Å². The van der Waals surface area contributed by atoms with Gasteiger partial charge in [-0.2, -0.15) is 0 Å². The Morgan fingerprint density at radius 2 is 1.94 bits per heavy atom. The molecule has 32 heavy (non-hydrogen) atoms. The highest BCUT2D eigenvalue weighted by Gasteiger charge is 2.13. The lowest BCUT2D eigenvalue weighted by atomic mass is 10.2. The van der Waals surface area contributed by atoms with Crippen molar-refractivity contribution in [2.24, 2.45) is 0 Å². The van der Waals surface area contributed by atoms with E-state index >= 15 is 0 Å². The van der Waals surface area contributed by atoms with E-state index in [4.69, 9.17) is 4.74 Å². The van der Waals surface area contributed by atoms with Gasteiger partial charge >= 0.3 is 5.69 Å². The SMILES string of the molecule is COc1cc(Nc2nccc3c2[nH]c(=O)n3Cc2ccccc2)ccc1-n1cnc(C)c1. The standard InChI is InChI=1S/C24H22N6O2/c1-16-13-29(15-26-16)19-9-8-18(12-21(19)32-2)27-23-22-20(10-11-25-23)30(24(31)28-22)14-17-6-4-3-5-7-17/h3-13,15H,14H2,1-2H3,(H,25,27)(H,28,31). The van der Waals surface area contributed by atoms with Gasteiger partial charge < -0.3 is 19.6 Å². The second kappa shape index (κ2) is 8.07. The molecule has 0 aliphatic heterocycles. The van der Waals surface area contributed by atoms with Crippen LogP contribution in [0, 0.1) is 6.92 Å². The molecule has 5 aromatic rings. The molecule has 0 unspecified atom stereocenters. The summed E-state index contributed by atoms with van der Waals surface area (Å²) in [5, 5.41) is 3.31. The third-order valence-electron chi connectivity index (χ3n) is 5.31. The number of nitrogens with one attached hydrogen (secondary N) is 2. The molecule has 2 N–H and O–H groups in total. The van der Waals surface area contributed by atoms with Crippen LogP contribution in [0.1, 0.15) is 11.3 Å². The molecular weight excluding hydrogens is 404 g/mol. The third-order valence-corrected chi connectivity index (χ3v) is 5.31. The minimum Gasteiger partial charge on any atom is -0.494 e. The average molecular weight is 426 g/mol. The first-order chi connectivity index (χ1) is 15.6. The zero-order chi connectivity index (χ0) is 22.1. The molecule has 0 fully saturated rings. The number of aromatic amines is 1. The minimum absolute atomic E-state index is 0.177. The summed E-state index contributed by atoms with van der Waals surface area (Å²) in [5.74, 6) is 1.26. The number of aromatic nitrogens is 5. The number of anilines is 2. The summed E-state index contributed by atoms with van der Waals surface area (Å²) in [6.45, 7) is 2.42. The summed E-state index contributed by atoms with van der Waals surface area (Å²) in [6, 6.07) is 17.5. The van der Waals surface area contributed by atoms with E-state index in [2.05, 4.69) is 20.3 Å². The molecule has 0 atom stereocenters. The highest BCUT2D eigenvalue weighted by Crippen LogP contribution is 2.29. The lowest BCUT2D eigenvalue weighted by Crippen LogP contribution is -2.17. The Kier molecular flexibility index (Phi) is 4.95. The van der Waals surface area contributed by atoms with Gasteiger partial charge in [0.2, 0.25) is 0 Å². The van der Waals surface area contributed by atoms with Gasteiger partial charge in [-0.15, -0.1) is 0 Å². The topological polar surface area (TPSA) is 89.8 Å². The fourth-order valence-corrected chi connectivity index (χ4v) is 3.76. The van der Waals surface area contributed by atoms with E-state index in [0.29, 0.717) is 23.6 Å². The third kappa shape index (κ3) is 3.62. The molecule has 0 saturated carbocycles. The first-order valence-corrected chi connectivity index (χ1v) is 10.2. The van der Waals surface area contributed by atoms with Gasteiger partial charge in [0.1, 0.15) is 11.3 Å². The Morgan fingerprint density at radius 3 is 2.69 bits per heavy atom. The van der Waals surface area contributed by atoms with Crippen LogP contribution in [0.2, 0.25) is 0 Å². The summed E-state index contributed by atoms with van der Waals surface area (Å²) in [6.07, 6.45) is 5.38. The summed E-state index contributed by atoms with van der Waals surface area (Å²) in [5.41, 5.74) is 4.91. The van der Waals surface area contributed by atoms with Crippen molar-refractivity contribution in [3.05, 3.63) is 95.1 Å². The molecule has 160 valence electrons. The molecule has 0 aliphatic rings. The van der Waals surface area contributed by atoms with Gasteiger partial charge in [0, 0.05) is 24.1 Å². The van der Waals surface area contributed by atoms with E-state index in [9.17, 15) is 4.79 Å². The quantitative estimate of drug-likeness (QED) is 0.428. The molecule has 8 nitrogen and oxygen atoms in total. The van der Waals surface area contributed by atoms with Crippen LogP contribution in [0.5, 0.6) is 5.75 Å². The lowest BCUT2D eigenvalue weighted by Gasteiger charge is -2.13. The number of aryl methyl sites for hydroxylation is 1. The number of fused-ring (bicyclic) bond motifs is 1. The molecule has 0 saturated heterocycles. The van der Waals surface area contributed by atoms with Gasteiger partial charge in [-0.1, -0.05) is 30.3 Å². The zero-order valence-corrected chi connectivity index (χ0v) is 17.7. The van der Waals surface area contributed by atoms with Gasteiger partial charge in [0.15, 0.2) is 5.82 Å². The van der Waals surface area contributed by atoms with Crippen LogP contribution in [0.25, 0.3) is 16.7 Å². The summed E-state index contributed by atoms with van der Waals surface area (Å²) in [4.78, 5) is 24.3. The molecule has 5 rings (SSSR count). The van der Waals surface area contributed by atoms with Crippen molar-refractivity contribution in [1.82, 2.24) is 24.1 Å². The van der Waals surface area contributed by atoms with E-state index < -0.39 is 0 Å². The predicted octanol–water partition coefficient (Wildman–Crippen LogP) is 4.02. The number of hydrogen-bond acceptors (Lipinski definition) is 5. The number of nitrogens with zero attached hydrogens (tertiary/aromatic N) is 4. The fourth-order valence-electron chi connectivity index (χ4n) is 3.76. The van der Waals surface area contributed by atoms with Gasteiger partial charge in [0.05, 0.1) is 36.9 Å². The van der Waals surface area contributed by atoms with Crippen LogP contribution in [0.4, 0.5) is 11.5 Å². The van der Waals surface area contributed by atoms with Crippen molar-refractivity contribution in [3.8, 4) is 11.4 Å². The van der Waals surface area contributed by atoms with Gasteiger partial charge in [-0.25, -0.2) is 14.8 Å². The number of hydrogen-bond donors (Lipinski definition) is 2. The Hall–Kier alpha value is -4.33. The van der Waals surface area contributed by atoms with Gasteiger partial charge in [-0.3, -0.25) is 4.57 Å². The first kappa shape index (κ1) is 19.6. The molecule has 8 heteroatoms. The molecule has 2 aromatic carbocycles. The second-order valence-electron chi connectivity index (χ2n) is 7.49. The van der Waals surface area contributed by atoms with E-state index in [1.54, 1.807) is 24.2 Å². The maximum Gasteiger partial charge on any atom is 0.326 e. The zero-order valence-electron chi connectivity index (χ0n) is 17.7. The van der Waals surface area contributed by atoms with Crippen molar-refractivity contribution < 1.29 is 4.74 Å². The molecular formula is C24H22N6O2. The molecule has 0 bridgehead atoms. The normalized spacial score (nSPS) is 11.1. The molecule has 0 radical (unpaired) electrons. The Balaban J connectivity index is 1.49. The van der Waals surface area contributed by atoms with Crippen molar-refractivity contribution >= 4 is 22.5 Å². The molecule has 3 heterocycles. The van der Waals surface area contributed by atoms with Crippen LogP contribution in [0.3, 0.4) is 0 Å². The van der Waals surface area contributed by atoms with Gasteiger partial charge in [-0.05, 0) is 30.7 Å². The highest BCUT2D eigenvalue weighted by atomic mass is 16.5. The number of H-pyrrole nitrogens is 1. The van der Waals surface area contributed by atoms with Crippen LogP contribution >= 0.6 is 0 Å². The van der Waals surface area contributed by atoms with Gasteiger partial charge in [0.25, 0.3) is 0 Å². The second-order valence-corrected chi connectivity index (χ2v) is 7.49. The van der Waals surface area contributed by atoms with E-state index in [-0.39, 0.29) is 5.69 Å². The summed E-state index contributed by atoms with van der Waals surface area (Å²) in [7, 11) is 1.63. The molecule has 0 aliphatic carbocycles. The maximum atomic E-state index is 12.7. The summed E-state index contributed by atoms with van der Waals surface area (Å²) >= 11 is 0. The van der Waals surface area contributed by atoms with E-state index in [1.165, 1.54) is 0 Å². The summed E-state index contributed by atoms with van der Waals surface area (Å²) < 4.78 is 9.22.